The summed E-state index contributed by atoms with van der Waals surface area (Å²) < 4.78 is 41.1. The Morgan fingerprint density at radius 2 is 1.81 bits per heavy atom. The van der Waals surface area contributed by atoms with Gasteiger partial charge in [0.05, 0.1) is 11.7 Å². The molecule has 0 aliphatic carbocycles. The van der Waals surface area contributed by atoms with Crippen molar-refractivity contribution in [1.82, 2.24) is 15.2 Å². The van der Waals surface area contributed by atoms with Crippen LogP contribution in [0.4, 0.5) is 13.2 Å². The van der Waals surface area contributed by atoms with Gasteiger partial charge in [-0.15, -0.1) is 0 Å². The van der Waals surface area contributed by atoms with Gasteiger partial charge in [0.25, 0.3) is 5.91 Å². The molecule has 1 fully saturated rings. The van der Waals surface area contributed by atoms with E-state index in [1.54, 1.807) is 18.3 Å². The predicted octanol–water partition coefficient (Wildman–Crippen LogP) is 4.88. The molecule has 32 heavy (non-hydrogen) atoms. The van der Waals surface area contributed by atoms with Crippen molar-refractivity contribution in [2.75, 3.05) is 13.1 Å². The van der Waals surface area contributed by atoms with Crippen LogP contribution in [0, 0.1) is 23.4 Å². The predicted molar refractivity (Wildman–Crippen MR) is 115 cm³/mol. The quantitative estimate of drug-likeness (QED) is 0.595. The molecule has 7 heteroatoms. The zero-order chi connectivity index (χ0) is 22.5. The SMILES string of the molecule is O=C(NC(c1ccccn1)C1CCN(Cc2cccc(F)c2F)CC1)c1cccc(F)c1. The van der Waals surface area contributed by atoms with E-state index in [1.807, 2.05) is 18.2 Å². The number of pyridine rings is 1. The molecule has 1 aromatic heterocycles. The van der Waals surface area contributed by atoms with Gasteiger partial charge in [0.1, 0.15) is 5.82 Å². The Morgan fingerprint density at radius 3 is 2.53 bits per heavy atom. The molecule has 1 amide bonds. The molecule has 0 spiro atoms. The summed E-state index contributed by atoms with van der Waals surface area (Å²) in [6.07, 6.45) is 3.18. The van der Waals surface area contributed by atoms with Crippen LogP contribution in [0.5, 0.6) is 0 Å². The molecule has 166 valence electrons. The van der Waals surface area contributed by atoms with Crippen LogP contribution in [0.25, 0.3) is 0 Å². The lowest BCUT2D eigenvalue weighted by atomic mass is 9.87. The molecule has 1 unspecified atom stereocenters. The fraction of sp³-hybridized carbons (Fsp3) is 0.280. The number of benzene rings is 2. The maximum absolute atomic E-state index is 14.0. The molecule has 2 aromatic carbocycles. The lowest BCUT2D eigenvalue weighted by molar-refractivity contribution is 0.0887. The van der Waals surface area contributed by atoms with Gasteiger partial charge in [0, 0.05) is 23.9 Å². The van der Waals surface area contributed by atoms with Crippen molar-refractivity contribution in [2.24, 2.45) is 5.92 Å². The number of nitrogens with zero attached hydrogens (tertiary/aromatic N) is 2. The van der Waals surface area contributed by atoms with E-state index in [4.69, 9.17) is 0 Å². The molecule has 1 N–H and O–H groups in total. The number of amides is 1. The minimum Gasteiger partial charge on any atom is -0.343 e. The van der Waals surface area contributed by atoms with E-state index in [0.29, 0.717) is 25.2 Å². The normalized spacial score (nSPS) is 16.0. The van der Waals surface area contributed by atoms with Gasteiger partial charge in [-0.05, 0) is 68.2 Å². The van der Waals surface area contributed by atoms with Gasteiger partial charge in [-0.2, -0.15) is 0 Å². The molecule has 4 nitrogen and oxygen atoms in total. The number of halogens is 3. The van der Waals surface area contributed by atoms with Gasteiger partial charge in [-0.1, -0.05) is 24.3 Å². The lowest BCUT2D eigenvalue weighted by Gasteiger charge is -2.36. The second kappa shape index (κ2) is 9.96. The molecule has 2 heterocycles. The first-order valence-corrected chi connectivity index (χ1v) is 10.6. The molecule has 1 aliphatic heterocycles. The first kappa shape index (κ1) is 22.0. The van der Waals surface area contributed by atoms with Crippen LogP contribution in [0.2, 0.25) is 0 Å². The van der Waals surface area contributed by atoms with E-state index < -0.39 is 17.5 Å². The smallest absolute Gasteiger partial charge is 0.251 e. The molecule has 3 aromatic rings. The van der Waals surface area contributed by atoms with Crippen LogP contribution in [-0.4, -0.2) is 28.9 Å². The number of carbonyl (C=O) groups excluding carboxylic acids is 1. The zero-order valence-corrected chi connectivity index (χ0v) is 17.5. The highest BCUT2D eigenvalue weighted by Crippen LogP contribution is 2.31. The van der Waals surface area contributed by atoms with Crippen LogP contribution < -0.4 is 5.32 Å². The monoisotopic (exact) mass is 439 g/mol. The highest BCUT2D eigenvalue weighted by atomic mass is 19.2. The fourth-order valence-electron chi connectivity index (χ4n) is 4.20. The third kappa shape index (κ3) is 5.16. The third-order valence-electron chi connectivity index (χ3n) is 5.91. The minimum atomic E-state index is -0.840. The molecule has 0 bridgehead atoms. The summed E-state index contributed by atoms with van der Waals surface area (Å²) in [6, 6.07) is 15.0. The van der Waals surface area contributed by atoms with Gasteiger partial charge in [-0.25, -0.2) is 13.2 Å². The van der Waals surface area contributed by atoms with Crippen LogP contribution in [0.1, 0.15) is 40.5 Å². The summed E-state index contributed by atoms with van der Waals surface area (Å²) >= 11 is 0. The Kier molecular flexibility index (Phi) is 6.85. The average Bonchev–Trinajstić information content (AvgIpc) is 2.81. The van der Waals surface area contributed by atoms with E-state index in [-0.39, 0.29) is 23.4 Å². The van der Waals surface area contributed by atoms with E-state index in [1.165, 1.54) is 24.3 Å². The number of hydrogen-bond acceptors (Lipinski definition) is 3. The molecule has 0 saturated carbocycles. The van der Waals surface area contributed by atoms with E-state index in [2.05, 4.69) is 15.2 Å². The van der Waals surface area contributed by atoms with Crippen LogP contribution in [0.15, 0.2) is 66.9 Å². The summed E-state index contributed by atoms with van der Waals surface area (Å²) in [6.45, 7) is 1.69. The zero-order valence-electron chi connectivity index (χ0n) is 17.5. The van der Waals surface area contributed by atoms with Crippen molar-refractivity contribution >= 4 is 5.91 Å². The second-order valence-corrected chi connectivity index (χ2v) is 8.04. The van der Waals surface area contributed by atoms with Gasteiger partial charge in [-0.3, -0.25) is 14.7 Å². The molecule has 0 radical (unpaired) electrons. The summed E-state index contributed by atoms with van der Waals surface area (Å²) in [7, 11) is 0. The van der Waals surface area contributed by atoms with Crippen molar-refractivity contribution < 1.29 is 18.0 Å². The summed E-state index contributed by atoms with van der Waals surface area (Å²) in [5.41, 5.74) is 1.33. The lowest BCUT2D eigenvalue weighted by Crippen LogP contribution is -2.41. The fourth-order valence-corrected chi connectivity index (χ4v) is 4.20. The number of hydrogen-bond donors (Lipinski definition) is 1. The molecule has 4 rings (SSSR count). The minimum absolute atomic E-state index is 0.107. The summed E-state index contributed by atoms with van der Waals surface area (Å²) in [4.78, 5) is 19.3. The highest BCUT2D eigenvalue weighted by molar-refractivity contribution is 5.94. The van der Waals surface area contributed by atoms with E-state index in [0.717, 1.165) is 24.6 Å². The topological polar surface area (TPSA) is 45.2 Å². The molecular formula is C25H24F3N3O. The van der Waals surface area contributed by atoms with Gasteiger partial charge in [0.2, 0.25) is 0 Å². The molecule has 1 saturated heterocycles. The Morgan fingerprint density at radius 1 is 1.03 bits per heavy atom. The number of aromatic nitrogens is 1. The van der Waals surface area contributed by atoms with Gasteiger partial charge >= 0.3 is 0 Å². The van der Waals surface area contributed by atoms with E-state index >= 15 is 0 Å². The van der Waals surface area contributed by atoms with Crippen LogP contribution in [0.3, 0.4) is 0 Å². The van der Waals surface area contributed by atoms with Gasteiger partial charge < -0.3 is 5.32 Å². The number of nitrogens with one attached hydrogen (secondary N) is 1. The average molecular weight is 439 g/mol. The number of carbonyl (C=O) groups is 1. The molecule has 1 atom stereocenters. The standard InChI is InChI=1S/C25H24F3N3O/c26-20-7-3-5-18(15-20)25(32)30-24(22-9-1-2-12-29-22)17-10-13-31(14-11-17)16-19-6-4-8-21(27)23(19)28/h1-9,12,15,17,24H,10-11,13-14,16H2,(H,30,32). The maximum atomic E-state index is 14.0. The van der Waals surface area contributed by atoms with E-state index in [9.17, 15) is 18.0 Å². The Labute approximate surface area is 185 Å². The van der Waals surface area contributed by atoms with Crippen LogP contribution >= 0.6 is 0 Å². The summed E-state index contributed by atoms with van der Waals surface area (Å²) in [5, 5.41) is 3.03. The highest BCUT2D eigenvalue weighted by Gasteiger charge is 2.30. The largest absolute Gasteiger partial charge is 0.343 e. The molecular weight excluding hydrogens is 415 g/mol. The summed E-state index contributed by atoms with van der Waals surface area (Å²) in [5.74, 6) is -2.36. The first-order valence-electron chi connectivity index (χ1n) is 10.6. The third-order valence-corrected chi connectivity index (χ3v) is 5.91. The van der Waals surface area contributed by atoms with Gasteiger partial charge in [0.15, 0.2) is 11.6 Å². The van der Waals surface area contributed by atoms with Crippen LogP contribution in [-0.2, 0) is 6.54 Å². The van der Waals surface area contributed by atoms with Crippen molar-refractivity contribution in [3.05, 3.63) is 101 Å². The maximum Gasteiger partial charge on any atom is 0.251 e. The Hall–Kier alpha value is -3.19. The van der Waals surface area contributed by atoms with Crippen molar-refractivity contribution in [2.45, 2.75) is 25.4 Å². The number of piperidine rings is 1. The van der Waals surface area contributed by atoms with Crippen molar-refractivity contribution in [3.63, 3.8) is 0 Å². The number of likely N-dealkylation sites (tertiary alicyclic amines) is 1. The Bertz CT molecular complexity index is 1070. The Balaban J connectivity index is 1.46. The van der Waals surface area contributed by atoms with Crippen molar-refractivity contribution in [3.8, 4) is 0 Å². The number of rotatable bonds is 6. The first-order chi connectivity index (χ1) is 15.5. The van der Waals surface area contributed by atoms with Crippen molar-refractivity contribution in [1.29, 1.82) is 0 Å². The second-order valence-electron chi connectivity index (χ2n) is 8.04. The molecule has 1 aliphatic rings.